The quantitative estimate of drug-likeness (QED) is 0.866. The topological polar surface area (TPSA) is 39.7 Å². The molecule has 1 unspecified atom stereocenters. The van der Waals surface area contributed by atoms with Crippen LogP contribution in [0.15, 0.2) is 12.1 Å². The Hall–Kier alpha value is -1.42. The number of ether oxygens (including phenoxy) is 3. The lowest BCUT2D eigenvalue weighted by Crippen LogP contribution is -2.19. The first-order valence-corrected chi connectivity index (χ1v) is 5.84. The van der Waals surface area contributed by atoms with Crippen molar-refractivity contribution in [3.8, 4) is 17.2 Å². The maximum absolute atomic E-state index is 5.89. The van der Waals surface area contributed by atoms with Crippen LogP contribution in [0.2, 0.25) is 0 Å². The highest BCUT2D eigenvalue weighted by atomic mass is 16.5. The zero-order valence-electron chi connectivity index (χ0n) is 10.6. The minimum Gasteiger partial charge on any atom is -0.496 e. The molecule has 1 fully saturated rings. The molecule has 94 valence electrons. The van der Waals surface area contributed by atoms with Crippen molar-refractivity contribution in [1.82, 2.24) is 5.32 Å². The number of nitrogens with one attached hydrogen (secondary N) is 1. The fourth-order valence-corrected chi connectivity index (χ4v) is 2.05. The van der Waals surface area contributed by atoms with Gasteiger partial charge in [-0.1, -0.05) is 0 Å². The van der Waals surface area contributed by atoms with Gasteiger partial charge in [0.2, 0.25) is 0 Å². The minimum absolute atomic E-state index is 0.243. The summed E-state index contributed by atoms with van der Waals surface area (Å²) in [6, 6.07) is 3.83. The van der Waals surface area contributed by atoms with Crippen LogP contribution < -0.4 is 19.5 Å². The third-order valence-corrected chi connectivity index (χ3v) is 3.04. The van der Waals surface area contributed by atoms with Crippen molar-refractivity contribution in [2.75, 3.05) is 27.3 Å². The highest BCUT2D eigenvalue weighted by Crippen LogP contribution is 2.33. The van der Waals surface area contributed by atoms with Gasteiger partial charge < -0.3 is 19.5 Å². The number of rotatable bonds is 4. The molecule has 0 aliphatic carbocycles. The molecule has 1 saturated heterocycles. The van der Waals surface area contributed by atoms with Gasteiger partial charge >= 0.3 is 0 Å². The Balaban J connectivity index is 2.21. The lowest BCUT2D eigenvalue weighted by molar-refractivity contribution is 0.221. The minimum atomic E-state index is 0.243. The van der Waals surface area contributed by atoms with E-state index in [0.717, 1.165) is 42.3 Å². The van der Waals surface area contributed by atoms with Crippen LogP contribution in [0.5, 0.6) is 17.2 Å². The Bertz CT molecular complexity index is 361. The van der Waals surface area contributed by atoms with Crippen molar-refractivity contribution >= 4 is 0 Å². The van der Waals surface area contributed by atoms with E-state index < -0.39 is 0 Å². The van der Waals surface area contributed by atoms with Crippen LogP contribution in [0.4, 0.5) is 0 Å². The average Bonchev–Trinajstić information content (AvgIpc) is 2.84. The lowest BCUT2D eigenvalue weighted by atomic mass is 10.2. The third kappa shape index (κ3) is 2.64. The van der Waals surface area contributed by atoms with Gasteiger partial charge in [0.25, 0.3) is 0 Å². The van der Waals surface area contributed by atoms with Gasteiger partial charge in [0.15, 0.2) is 0 Å². The Kier molecular flexibility index (Phi) is 3.74. The fraction of sp³-hybridized carbons (Fsp3) is 0.538. The van der Waals surface area contributed by atoms with Crippen molar-refractivity contribution < 1.29 is 14.2 Å². The summed E-state index contributed by atoms with van der Waals surface area (Å²) < 4.78 is 16.5. The van der Waals surface area contributed by atoms with Crippen molar-refractivity contribution in [1.29, 1.82) is 0 Å². The Labute approximate surface area is 102 Å². The molecule has 1 aliphatic rings. The SMILES string of the molecule is COc1cc(OC2CCNC2)cc(OC)c1C. The average molecular weight is 237 g/mol. The van der Waals surface area contributed by atoms with Gasteiger partial charge in [-0.3, -0.25) is 0 Å². The normalized spacial score (nSPS) is 19.1. The molecule has 17 heavy (non-hydrogen) atoms. The second kappa shape index (κ2) is 5.27. The van der Waals surface area contributed by atoms with Crippen molar-refractivity contribution in [2.45, 2.75) is 19.4 Å². The standard InChI is InChI=1S/C13H19NO3/c1-9-12(15-2)6-11(7-13(9)16-3)17-10-4-5-14-8-10/h6-7,10,14H,4-5,8H2,1-3H3. The molecule has 2 rings (SSSR count). The smallest absolute Gasteiger partial charge is 0.129 e. The molecule has 1 aliphatic heterocycles. The molecule has 1 aromatic rings. The van der Waals surface area contributed by atoms with E-state index in [9.17, 15) is 0 Å². The van der Waals surface area contributed by atoms with Gasteiger partial charge in [-0.25, -0.2) is 0 Å². The Morgan fingerprint density at radius 2 is 1.82 bits per heavy atom. The van der Waals surface area contributed by atoms with Gasteiger partial charge in [0.1, 0.15) is 23.4 Å². The van der Waals surface area contributed by atoms with Crippen LogP contribution in [0, 0.1) is 6.92 Å². The summed E-state index contributed by atoms with van der Waals surface area (Å²) in [6.45, 7) is 3.89. The summed E-state index contributed by atoms with van der Waals surface area (Å²) in [4.78, 5) is 0. The summed E-state index contributed by atoms with van der Waals surface area (Å²) in [7, 11) is 3.31. The maximum Gasteiger partial charge on any atom is 0.129 e. The molecule has 1 heterocycles. The summed E-state index contributed by atoms with van der Waals surface area (Å²) in [5.74, 6) is 2.40. The van der Waals surface area contributed by atoms with Gasteiger partial charge in [-0.2, -0.15) is 0 Å². The zero-order chi connectivity index (χ0) is 12.3. The molecular weight excluding hydrogens is 218 g/mol. The van der Waals surface area contributed by atoms with E-state index in [1.807, 2.05) is 19.1 Å². The molecule has 0 radical (unpaired) electrons. The van der Waals surface area contributed by atoms with Crippen LogP contribution in [-0.4, -0.2) is 33.4 Å². The summed E-state index contributed by atoms with van der Waals surface area (Å²) in [5, 5.41) is 3.27. The summed E-state index contributed by atoms with van der Waals surface area (Å²) >= 11 is 0. The van der Waals surface area contributed by atoms with Gasteiger partial charge in [-0.15, -0.1) is 0 Å². The van der Waals surface area contributed by atoms with Crippen LogP contribution >= 0.6 is 0 Å². The predicted molar refractivity (Wildman–Crippen MR) is 66.2 cm³/mol. The predicted octanol–water partition coefficient (Wildman–Crippen LogP) is 1.75. The van der Waals surface area contributed by atoms with Crippen molar-refractivity contribution in [3.05, 3.63) is 17.7 Å². The largest absolute Gasteiger partial charge is 0.496 e. The third-order valence-electron chi connectivity index (χ3n) is 3.04. The molecular formula is C13H19NO3. The molecule has 4 heteroatoms. The van der Waals surface area contributed by atoms with E-state index in [2.05, 4.69) is 5.32 Å². The van der Waals surface area contributed by atoms with Crippen LogP contribution in [0.25, 0.3) is 0 Å². The first kappa shape index (κ1) is 12.0. The van der Waals surface area contributed by atoms with Gasteiger partial charge in [0.05, 0.1) is 14.2 Å². The molecule has 0 aromatic heterocycles. The van der Waals surface area contributed by atoms with Crippen LogP contribution in [-0.2, 0) is 0 Å². The number of hydrogen-bond donors (Lipinski definition) is 1. The molecule has 0 amide bonds. The Morgan fingerprint density at radius 3 is 2.29 bits per heavy atom. The molecule has 4 nitrogen and oxygen atoms in total. The number of benzene rings is 1. The lowest BCUT2D eigenvalue weighted by Gasteiger charge is -2.16. The number of hydrogen-bond acceptors (Lipinski definition) is 4. The number of methoxy groups -OCH3 is 2. The van der Waals surface area contributed by atoms with Crippen molar-refractivity contribution in [3.63, 3.8) is 0 Å². The molecule has 1 aromatic carbocycles. The summed E-state index contributed by atoms with van der Waals surface area (Å²) in [5.41, 5.74) is 0.992. The van der Waals surface area contributed by atoms with E-state index in [-0.39, 0.29) is 6.10 Å². The molecule has 1 atom stereocenters. The molecule has 0 bridgehead atoms. The Morgan fingerprint density at radius 1 is 1.18 bits per heavy atom. The van der Waals surface area contributed by atoms with Crippen molar-refractivity contribution in [2.24, 2.45) is 0 Å². The summed E-state index contributed by atoms with van der Waals surface area (Å²) in [6.07, 6.45) is 1.28. The maximum atomic E-state index is 5.89. The molecule has 0 spiro atoms. The highest BCUT2D eigenvalue weighted by Gasteiger charge is 2.17. The van der Waals surface area contributed by atoms with Gasteiger partial charge in [0, 0.05) is 24.2 Å². The van der Waals surface area contributed by atoms with Crippen LogP contribution in [0.3, 0.4) is 0 Å². The second-order valence-electron chi connectivity index (χ2n) is 4.19. The monoisotopic (exact) mass is 237 g/mol. The molecule has 0 saturated carbocycles. The first-order chi connectivity index (χ1) is 8.24. The fourth-order valence-electron chi connectivity index (χ4n) is 2.05. The second-order valence-corrected chi connectivity index (χ2v) is 4.19. The van der Waals surface area contributed by atoms with E-state index in [1.165, 1.54) is 0 Å². The molecule has 1 N–H and O–H groups in total. The van der Waals surface area contributed by atoms with Crippen LogP contribution in [0.1, 0.15) is 12.0 Å². The van der Waals surface area contributed by atoms with E-state index in [0.29, 0.717) is 0 Å². The van der Waals surface area contributed by atoms with E-state index in [4.69, 9.17) is 14.2 Å². The van der Waals surface area contributed by atoms with E-state index >= 15 is 0 Å². The highest BCUT2D eigenvalue weighted by molar-refractivity contribution is 5.49. The van der Waals surface area contributed by atoms with E-state index in [1.54, 1.807) is 14.2 Å². The first-order valence-electron chi connectivity index (χ1n) is 5.84. The van der Waals surface area contributed by atoms with Gasteiger partial charge in [-0.05, 0) is 19.9 Å². The zero-order valence-corrected chi connectivity index (χ0v) is 10.6.